The predicted molar refractivity (Wildman–Crippen MR) is 95.3 cm³/mol. The van der Waals surface area contributed by atoms with Crippen LogP contribution in [0.1, 0.15) is 43.9 Å². The number of nitrogens with one attached hydrogen (secondary N) is 1. The van der Waals surface area contributed by atoms with Crippen LogP contribution < -0.4 is 5.56 Å². The Hall–Kier alpha value is -1.76. The van der Waals surface area contributed by atoms with E-state index < -0.39 is 4.84 Å². The van der Waals surface area contributed by atoms with Crippen LogP contribution in [-0.4, -0.2) is 4.98 Å². The zero-order valence-electron chi connectivity index (χ0n) is 13.8. The molecule has 0 atom stereocenters. The van der Waals surface area contributed by atoms with Crippen molar-refractivity contribution in [2.24, 2.45) is 0 Å². The number of halogens is 2. The van der Waals surface area contributed by atoms with Crippen LogP contribution in [0.25, 0.3) is 11.1 Å². The normalized spacial score (nSPS) is 10.9. The molecule has 0 unspecified atom stereocenters. The molecule has 23 heavy (non-hydrogen) atoms. The summed E-state index contributed by atoms with van der Waals surface area (Å²) in [6.07, 6.45) is 0. The minimum Gasteiger partial charge on any atom is -0.325 e. The van der Waals surface area contributed by atoms with Crippen molar-refractivity contribution in [1.29, 1.82) is 5.26 Å². The fourth-order valence-corrected chi connectivity index (χ4v) is 3.72. The molecule has 0 radical (unpaired) electrons. The average molecular weight is 349 g/mol. The average Bonchev–Trinajstić information content (AvgIpc) is 2.45. The number of pyridine rings is 1. The Labute approximate surface area is 145 Å². The summed E-state index contributed by atoms with van der Waals surface area (Å²) in [5.74, 6) is 0. The molecule has 0 saturated heterocycles. The molecule has 0 aliphatic rings. The number of aromatic nitrogens is 1. The van der Waals surface area contributed by atoms with Crippen molar-refractivity contribution in [2.75, 3.05) is 0 Å². The fraction of sp³-hybridized carbons (Fsp3) is 0.333. The fourth-order valence-electron chi connectivity index (χ4n) is 3.07. The Bertz CT molecular complexity index is 860. The molecule has 1 aromatic carbocycles. The van der Waals surface area contributed by atoms with E-state index in [0.29, 0.717) is 5.56 Å². The second-order valence-electron chi connectivity index (χ2n) is 5.77. The standard InChI is InChI=1S/C18H18Cl2N2O/c1-8-6-13(14(7-21)18(23)22-8)15-9(2)11(4)16(17(19)20)12(5)10(15)3/h6,17H,1-5H3,(H,22,23). The first-order valence-electron chi connectivity index (χ1n) is 7.23. The van der Waals surface area contributed by atoms with Crippen LogP contribution in [-0.2, 0) is 0 Å². The Morgan fingerprint density at radius 3 is 2.00 bits per heavy atom. The van der Waals surface area contributed by atoms with Gasteiger partial charge in [-0.05, 0) is 74.1 Å². The van der Waals surface area contributed by atoms with Gasteiger partial charge in [-0.1, -0.05) is 0 Å². The lowest BCUT2D eigenvalue weighted by molar-refractivity contribution is 1.11. The molecule has 1 aromatic heterocycles. The summed E-state index contributed by atoms with van der Waals surface area (Å²) in [7, 11) is 0. The van der Waals surface area contributed by atoms with Crippen molar-refractivity contribution < 1.29 is 0 Å². The van der Waals surface area contributed by atoms with Crippen LogP contribution in [0.4, 0.5) is 0 Å². The molecule has 0 fully saturated rings. The van der Waals surface area contributed by atoms with E-state index in [4.69, 9.17) is 23.2 Å². The molecule has 120 valence electrons. The molecular formula is C18H18Cl2N2O. The number of H-pyrrole nitrogens is 1. The third-order valence-corrected chi connectivity index (χ3v) is 4.89. The number of aromatic amines is 1. The van der Waals surface area contributed by atoms with E-state index in [-0.39, 0.29) is 11.1 Å². The number of aryl methyl sites for hydroxylation is 1. The molecule has 0 spiro atoms. The van der Waals surface area contributed by atoms with Crippen LogP contribution in [0.3, 0.4) is 0 Å². The van der Waals surface area contributed by atoms with Crippen molar-refractivity contribution >= 4 is 23.2 Å². The molecule has 2 rings (SSSR count). The van der Waals surface area contributed by atoms with Crippen molar-refractivity contribution in [2.45, 2.75) is 39.5 Å². The Morgan fingerprint density at radius 1 is 1.04 bits per heavy atom. The Morgan fingerprint density at radius 2 is 1.57 bits per heavy atom. The highest BCUT2D eigenvalue weighted by Crippen LogP contribution is 2.40. The van der Waals surface area contributed by atoms with E-state index in [0.717, 1.165) is 39.1 Å². The second kappa shape index (κ2) is 6.39. The van der Waals surface area contributed by atoms with E-state index in [1.165, 1.54) is 0 Å². The Balaban J connectivity index is 2.98. The van der Waals surface area contributed by atoms with Crippen LogP contribution in [0.2, 0.25) is 0 Å². The van der Waals surface area contributed by atoms with Crippen LogP contribution in [0.5, 0.6) is 0 Å². The highest BCUT2D eigenvalue weighted by molar-refractivity contribution is 6.44. The summed E-state index contributed by atoms with van der Waals surface area (Å²) in [5.41, 5.74) is 6.87. The zero-order chi connectivity index (χ0) is 17.5. The number of hydrogen-bond acceptors (Lipinski definition) is 2. The van der Waals surface area contributed by atoms with Gasteiger partial charge in [0.1, 0.15) is 16.5 Å². The maximum absolute atomic E-state index is 12.1. The topological polar surface area (TPSA) is 56.6 Å². The quantitative estimate of drug-likeness (QED) is 0.782. The molecule has 0 aliphatic carbocycles. The highest BCUT2D eigenvalue weighted by atomic mass is 35.5. The molecule has 2 aromatic rings. The van der Waals surface area contributed by atoms with Crippen LogP contribution in [0, 0.1) is 45.9 Å². The second-order valence-corrected chi connectivity index (χ2v) is 6.87. The van der Waals surface area contributed by atoms with Gasteiger partial charge in [-0.2, -0.15) is 5.26 Å². The molecule has 3 nitrogen and oxygen atoms in total. The molecule has 0 amide bonds. The van der Waals surface area contributed by atoms with Crippen molar-refractivity contribution in [1.82, 2.24) is 4.98 Å². The molecular weight excluding hydrogens is 331 g/mol. The molecule has 0 bridgehead atoms. The molecule has 5 heteroatoms. The summed E-state index contributed by atoms with van der Waals surface area (Å²) in [6, 6.07) is 3.86. The number of nitrogens with zero attached hydrogens (tertiary/aromatic N) is 1. The maximum Gasteiger partial charge on any atom is 0.266 e. The Kier molecular flexibility index (Phi) is 4.89. The van der Waals surface area contributed by atoms with Gasteiger partial charge in [-0.25, -0.2) is 0 Å². The summed E-state index contributed by atoms with van der Waals surface area (Å²) in [4.78, 5) is 14.2. The minimum absolute atomic E-state index is 0.127. The molecule has 1 N–H and O–H groups in total. The molecule has 1 heterocycles. The summed E-state index contributed by atoms with van der Waals surface area (Å²) in [6.45, 7) is 9.66. The van der Waals surface area contributed by atoms with Crippen molar-refractivity contribution in [3.63, 3.8) is 0 Å². The van der Waals surface area contributed by atoms with Crippen molar-refractivity contribution in [3.05, 3.63) is 55.5 Å². The lowest BCUT2D eigenvalue weighted by Crippen LogP contribution is -2.14. The number of hydrogen-bond donors (Lipinski definition) is 1. The van der Waals surface area contributed by atoms with Gasteiger partial charge in [-0.3, -0.25) is 4.79 Å². The predicted octanol–water partition coefficient (Wildman–Crippen LogP) is 4.93. The first-order chi connectivity index (χ1) is 10.7. The van der Waals surface area contributed by atoms with E-state index in [2.05, 4.69) is 4.98 Å². The lowest BCUT2D eigenvalue weighted by Gasteiger charge is -2.22. The number of benzene rings is 1. The molecule has 0 saturated carbocycles. The van der Waals surface area contributed by atoms with Gasteiger partial charge in [0.25, 0.3) is 5.56 Å². The third-order valence-electron chi connectivity index (χ3n) is 4.45. The summed E-state index contributed by atoms with van der Waals surface area (Å²) in [5, 5.41) is 9.40. The van der Waals surface area contributed by atoms with E-state index in [1.54, 1.807) is 6.92 Å². The van der Waals surface area contributed by atoms with Gasteiger partial charge in [0.15, 0.2) is 0 Å². The highest BCUT2D eigenvalue weighted by Gasteiger charge is 2.22. The van der Waals surface area contributed by atoms with Crippen molar-refractivity contribution in [3.8, 4) is 17.2 Å². The van der Waals surface area contributed by atoms with Gasteiger partial charge in [-0.15, -0.1) is 23.2 Å². The van der Waals surface area contributed by atoms with E-state index in [1.807, 2.05) is 39.8 Å². The SMILES string of the molecule is Cc1cc(-c2c(C)c(C)c(C(Cl)Cl)c(C)c2C)c(C#N)c(=O)[nH]1. The van der Waals surface area contributed by atoms with Gasteiger partial charge in [0, 0.05) is 11.3 Å². The van der Waals surface area contributed by atoms with Gasteiger partial charge >= 0.3 is 0 Å². The first kappa shape index (κ1) is 17.6. The molecule has 0 aliphatic heterocycles. The number of alkyl halides is 2. The smallest absolute Gasteiger partial charge is 0.266 e. The number of rotatable bonds is 2. The van der Waals surface area contributed by atoms with Gasteiger partial charge in [0.05, 0.1) is 0 Å². The van der Waals surface area contributed by atoms with Gasteiger partial charge in [0.2, 0.25) is 0 Å². The third kappa shape index (κ3) is 2.89. The van der Waals surface area contributed by atoms with E-state index >= 15 is 0 Å². The zero-order valence-corrected chi connectivity index (χ0v) is 15.3. The monoisotopic (exact) mass is 348 g/mol. The largest absolute Gasteiger partial charge is 0.325 e. The first-order valence-corrected chi connectivity index (χ1v) is 8.10. The van der Waals surface area contributed by atoms with E-state index in [9.17, 15) is 10.1 Å². The number of nitriles is 1. The summed E-state index contributed by atoms with van der Waals surface area (Å²) >= 11 is 12.2. The van der Waals surface area contributed by atoms with Crippen LogP contribution >= 0.6 is 23.2 Å². The summed E-state index contributed by atoms with van der Waals surface area (Å²) < 4.78 is 0. The minimum atomic E-state index is -0.613. The lowest BCUT2D eigenvalue weighted by atomic mass is 9.85. The van der Waals surface area contributed by atoms with Crippen LogP contribution in [0.15, 0.2) is 10.9 Å². The van der Waals surface area contributed by atoms with Gasteiger partial charge < -0.3 is 4.98 Å². The maximum atomic E-state index is 12.1.